The van der Waals surface area contributed by atoms with Crippen LogP contribution in [-0.2, 0) is 6.42 Å². The van der Waals surface area contributed by atoms with Crippen molar-refractivity contribution in [2.45, 2.75) is 13.3 Å². The van der Waals surface area contributed by atoms with Crippen LogP contribution in [0.4, 0.5) is 5.69 Å². The Labute approximate surface area is 136 Å². The predicted molar refractivity (Wildman–Crippen MR) is 85.2 cm³/mol. The highest BCUT2D eigenvalue weighted by Gasteiger charge is 2.12. The molecule has 2 aromatic rings. The summed E-state index contributed by atoms with van der Waals surface area (Å²) in [5.41, 5.74) is 2.84. The molecular weight excluding hydrogens is 314 g/mol. The number of ether oxygens (including phenoxy) is 1. The molecule has 7 nitrogen and oxygen atoms in total. The van der Waals surface area contributed by atoms with Crippen LogP contribution >= 0.6 is 11.3 Å². The van der Waals surface area contributed by atoms with Crippen molar-refractivity contribution in [3.05, 3.63) is 40.3 Å². The van der Waals surface area contributed by atoms with E-state index in [-0.39, 0.29) is 5.71 Å². The molecule has 0 fully saturated rings. The van der Waals surface area contributed by atoms with Gasteiger partial charge in [0.2, 0.25) is 5.71 Å². The van der Waals surface area contributed by atoms with E-state index in [9.17, 15) is 4.79 Å². The number of carbonyl (C=O) groups is 1. The van der Waals surface area contributed by atoms with Crippen LogP contribution in [-0.4, -0.2) is 16.7 Å². The molecule has 1 aromatic heterocycles. The number of benzene rings is 1. The second-order valence-electron chi connectivity index (χ2n) is 4.18. The monoisotopic (exact) mass is 325 g/mol. The second kappa shape index (κ2) is 7.69. The number of thiazole rings is 1. The molecule has 1 aromatic carbocycles. The average molecular weight is 325 g/mol. The molecule has 23 heavy (non-hydrogen) atoms. The largest absolute Gasteiger partial charge is 0.422 e. The minimum atomic E-state index is -0.461. The number of aromatic nitrogens is 1. The van der Waals surface area contributed by atoms with Gasteiger partial charge in [0.15, 0.2) is 0 Å². The third kappa shape index (κ3) is 4.37. The van der Waals surface area contributed by atoms with E-state index in [0.717, 1.165) is 11.4 Å². The Morgan fingerprint density at radius 3 is 2.61 bits per heavy atom. The number of rotatable bonds is 5. The van der Waals surface area contributed by atoms with Gasteiger partial charge in [0.25, 0.3) is 0 Å². The van der Waals surface area contributed by atoms with E-state index in [0.29, 0.717) is 16.3 Å². The fraction of sp³-hybridized carbons (Fsp3) is 0.133. The first kappa shape index (κ1) is 16.1. The topological polar surface area (TPSA) is 111 Å². The Balaban J connectivity index is 2.00. The molecule has 0 saturated heterocycles. The maximum Gasteiger partial charge on any atom is 0.355 e. The fourth-order valence-corrected chi connectivity index (χ4v) is 2.25. The zero-order valence-corrected chi connectivity index (χ0v) is 12.9. The summed E-state index contributed by atoms with van der Waals surface area (Å²) in [6.07, 6.45) is 2.27. The summed E-state index contributed by atoms with van der Waals surface area (Å²) in [5, 5.41) is 21.6. The van der Waals surface area contributed by atoms with Crippen molar-refractivity contribution in [1.82, 2.24) is 4.98 Å². The Morgan fingerprint density at radius 2 is 2.04 bits per heavy atom. The first-order valence-corrected chi connectivity index (χ1v) is 7.38. The molecule has 114 valence electrons. The quantitative estimate of drug-likeness (QED) is 0.391. The lowest BCUT2D eigenvalue weighted by molar-refractivity contribution is 0.0739. The minimum absolute atomic E-state index is 0.280. The summed E-state index contributed by atoms with van der Waals surface area (Å²) < 4.78 is 5.24. The molecular formula is C15H11N5O2S. The molecule has 0 aliphatic heterocycles. The standard InChI is InChI=1S/C15H11N5O2S/c1-2-14-18-9-13(23-14)15(21)22-12-5-3-10(4-6-12)19-20-11(7-16)8-17/h3-6,9,19H,2H2,1H3. The molecule has 0 aliphatic rings. The number of nitriles is 2. The maximum atomic E-state index is 12.0. The molecule has 0 spiro atoms. The number of carbonyl (C=O) groups excluding carboxylic acids is 1. The summed E-state index contributed by atoms with van der Waals surface area (Å²) in [5.74, 6) is -0.0889. The fourth-order valence-electron chi connectivity index (χ4n) is 1.52. The number of hydrogen-bond acceptors (Lipinski definition) is 8. The molecule has 2 rings (SSSR count). The van der Waals surface area contributed by atoms with Gasteiger partial charge < -0.3 is 4.74 Å². The van der Waals surface area contributed by atoms with E-state index in [1.807, 2.05) is 6.92 Å². The van der Waals surface area contributed by atoms with Crippen LogP contribution in [0.3, 0.4) is 0 Å². The molecule has 0 bridgehead atoms. The average Bonchev–Trinajstić information content (AvgIpc) is 3.06. The van der Waals surface area contributed by atoms with Crippen LogP contribution in [0.15, 0.2) is 35.6 Å². The van der Waals surface area contributed by atoms with Crippen molar-refractivity contribution >= 4 is 28.7 Å². The highest BCUT2D eigenvalue weighted by molar-refractivity contribution is 7.13. The number of anilines is 1. The van der Waals surface area contributed by atoms with E-state index >= 15 is 0 Å². The van der Waals surface area contributed by atoms with Crippen molar-refractivity contribution in [2.75, 3.05) is 5.43 Å². The number of nitrogens with one attached hydrogen (secondary N) is 1. The van der Waals surface area contributed by atoms with Crippen LogP contribution in [0.2, 0.25) is 0 Å². The van der Waals surface area contributed by atoms with Gasteiger partial charge in [0.05, 0.1) is 16.9 Å². The van der Waals surface area contributed by atoms with Gasteiger partial charge in [-0.15, -0.1) is 11.3 Å². The molecule has 0 radical (unpaired) electrons. The van der Waals surface area contributed by atoms with Crippen molar-refractivity contribution in [1.29, 1.82) is 10.5 Å². The van der Waals surface area contributed by atoms with Crippen molar-refractivity contribution in [3.63, 3.8) is 0 Å². The summed E-state index contributed by atoms with van der Waals surface area (Å²) in [7, 11) is 0. The van der Waals surface area contributed by atoms with Gasteiger partial charge in [-0.2, -0.15) is 15.6 Å². The summed E-state index contributed by atoms with van der Waals surface area (Å²) >= 11 is 1.30. The van der Waals surface area contributed by atoms with E-state index in [1.165, 1.54) is 17.5 Å². The zero-order chi connectivity index (χ0) is 16.7. The van der Waals surface area contributed by atoms with E-state index in [1.54, 1.807) is 36.4 Å². The molecule has 0 aliphatic carbocycles. The van der Waals surface area contributed by atoms with Crippen LogP contribution in [0, 0.1) is 22.7 Å². The van der Waals surface area contributed by atoms with E-state index in [2.05, 4.69) is 15.5 Å². The Bertz CT molecular complexity index is 796. The molecule has 0 amide bonds. The zero-order valence-electron chi connectivity index (χ0n) is 12.1. The van der Waals surface area contributed by atoms with Gasteiger partial charge >= 0.3 is 5.97 Å². The lowest BCUT2D eigenvalue weighted by atomic mass is 10.3. The first-order valence-electron chi connectivity index (χ1n) is 6.57. The third-order valence-corrected chi connectivity index (χ3v) is 3.75. The number of esters is 1. The predicted octanol–water partition coefficient (Wildman–Crippen LogP) is 2.74. The van der Waals surface area contributed by atoms with Gasteiger partial charge in [-0.05, 0) is 30.7 Å². The lowest BCUT2D eigenvalue weighted by Gasteiger charge is -2.04. The molecule has 1 heterocycles. The van der Waals surface area contributed by atoms with E-state index in [4.69, 9.17) is 15.3 Å². The first-order chi connectivity index (χ1) is 11.2. The number of aryl methyl sites for hydroxylation is 1. The van der Waals surface area contributed by atoms with Crippen LogP contribution in [0.1, 0.15) is 21.6 Å². The van der Waals surface area contributed by atoms with Crippen molar-refractivity contribution < 1.29 is 9.53 Å². The van der Waals surface area contributed by atoms with Gasteiger partial charge in [-0.25, -0.2) is 9.78 Å². The molecule has 0 saturated carbocycles. The van der Waals surface area contributed by atoms with Gasteiger partial charge in [0, 0.05) is 0 Å². The smallest absolute Gasteiger partial charge is 0.355 e. The van der Waals surface area contributed by atoms with Crippen LogP contribution in [0.25, 0.3) is 0 Å². The lowest BCUT2D eigenvalue weighted by Crippen LogP contribution is -2.06. The second-order valence-corrected chi connectivity index (χ2v) is 5.30. The molecule has 1 N–H and O–H groups in total. The SMILES string of the molecule is CCc1ncc(C(=O)Oc2ccc(NN=C(C#N)C#N)cc2)s1. The molecule has 0 unspecified atom stereocenters. The van der Waals surface area contributed by atoms with E-state index < -0.39 is 5.97 Å². The third-order valence-electron chi connectivity index (χ3n) is 2.63. The molecule has 0 atom stereocenters. The number of nitrogens with zero attached hydrogens (tertiary/aromatic N) is 4. The minimum Gasteiger partial charge on any atom is -0.422 e. The summed E-state index contributed by atoms with van der Waals surface area (Å²) in [6, 6.07) is 9.66. The van der Waals surface area contributed by atoms with Gasteiger partial charge in [-0.3, -0.25) is 5.43 Å². The summed E-state index contributed by atoms with van der Waals surface area (Å²) in [6.45, 7) is 1.96. The highest BCUT2D eigenvalue weighted by Crippen LogP contribution is 2.19. The van der Waals surface area contributed by atoms with Crippen LogP contribution < -0.4 is 10.2 Å². The Morgan fingerprint density at radius 1 is 1.35 bits per heavy atom. The highest BCUT2D eigenvalue weighted by atomic mass is 32.1. The summed E-state index contributed by atoms with van der Waals surface area (Å²) in [4.78, 5) is 16.5. The van der Waals surface area contributed by atoms with Crippen molar-refractivity contribution in [3.8, 4) is 17.9 Å². The van der Waals surface area contributed by atoms with Crippen molar-refractivity contribution in [2.24, 2.45) is 5.10 Å². The van der Waals surface area contributed by atoms with Gasteiger partial charge in [-0.1, -0.05) is 6.92 Å². The number of hydrazone groups is 1. The van der Waals surface area contributed by atoms with Crippen LogP contribution in [0.5, 0.6) is 5.75 Å². The number of hydrogen-bond donors (Lipinski definition) is 1. The Hall–Kier alpha value is -3.23. The maximum absolute atomic E-state index is 12.0. The Kier molecular flexibility index (Phi) is 5.40. The molecule has 8 heteroatoms. The normalized spacial score (nSPS) is 9.35. The van der Waals surface area contributed by atoms with Gasteiger partial charge in [0.1, 0.15) is 22.8 Å².